The van der Waals surface area contributed by atoms with E-state index in [1.165, 1.54) is 23.1 Å². The Balaban J connectivity index is 1.93. The van der Waals surface area contributed by atoms with E-state index in [-0.39, 0.29) is 16.4 Å². The number of hydrogen-bond acceptors (Lipinski definition) is 4. The monoisotopic (exact) mass is 383 g/mol. The summed E-state index contributed by atoms with van der Waals surface area (Å²) in [7, 11) is 0. The molecular weight excluding hydrogens is 371 g/mol. The van der Waals surface area contributed by atoms with E-state index in [1.807, 2.05) is 0 Å². The second kappa shape index (κ2) is 6.56. The van der Waals surface area contributed by atoms with Gasteiger partial charge >= 0.3 is 6.18 Å². The smallest absolute Gasteiger partial charge is 0.311 e. The van der Waals surface area contributed by atoms with E-state index in [9.17, 15) is 18.0 Å². The first-order valence-electron chi connectivity index (χ1n) is 7.52. The average molecular weight is 384 g/mol. The van der Waals surface area contributed by atoms with Crippen LogP contribution in [0.3, 0.4) is 0 Å². The summed E-state index contributed by atoms with van der Waals surface area (Å²) in [5.41, 5.74) is -0.191. The summed E-state index contributed by atoms with van der Waals surface area (Å²) in [6.45, 7) is 3.37. The second-order valence-corrected chi connectivity index (χ2v) is 6.11. The van der Waals surface area contributed by atoms with E-state index in [1.54, 1.807) is 13.8 Å². The van der Waals surface area contributed by atoms with Crippen LogP contribution in [0.2, 0.25) is 5.02 Å². The largest absolute Gasteiger partial charge is 0.416 e. The Morgan fingerprint density at radius 1 is 1.27 bits per heavy atom. The van der Waals surface area contributed by atoms with Gasteiger partial charge in [0.15, 0.2) is 5.82 Å². The van der Waals surface area contributed by atoms with Crippen LogP contribution in [0.4, 0.5) is 13.2 Å². The van der Waals surface area contributed by atoms with Gasteiger partial charge in [0.2, 0.25) is 0 Å². The summed E-state index contributed by atoms with van der Waals surface area (Å²) in [6, 6.07) is 4.43. The highest BCUT2D eigenvalue weighted by Crippen LogP contribution is 2.35. The lowest BCUT2D eigenvalue weighted by Gasteiger charge is -2.13. The zero-order valence-electron chi connectivity index (χ0n) is 13.7. The Bertz CT molecular complexity index is 1010. The minimum absolute atomic E-state index is 0.00741. The van der Waals surface area contributed by atoms with Crippen molar-refractivity contribution in [1.82, 2.24) is 25.0 Å². The molecule has 0 aliphatic rings. The van der Waals surface area contributed by atoms with Crippen molar-refractivity contribution in [2.24, 2.45) is 0 Å². The SMILES string of the molecule is Cc1nc(-n2ncc(C(C)c3ccc(C(F)(F)F)cc3Cl)n2)cc(=O)[nH]1. The normalized spacial score (nSPS) is 13.0. The summed E-state index contributed by atoms with van der Waals surface area (Å²) >= 11 is 6.03. The summed E-state index contributed by atoms with van der Waals surface area (Å²) < 4.78 is 38.3. The van der Waals surface area contributed by atoms with E-state index in [0.29, 0.717) is 17.1 Å². The van der Waals surface area contributed by atoms with E-state index >= 15 is 0 Å². The third kappa shape index (κ3) is 3.62. The number of halogens is 4. The number of rotatable bonds is 3. The first-order valence-corrected chi connectivity index (χ1v) is 7.90. The molecule has 1 atom stereocenters. The van der Waals surface area contributed by atoms with Crippen molar-refractivity contribution in [2.75, 3.05) is 0 Å². The minimum atomic E-state index is -4.46. The Hall–Kier alpha value is -2.68. The molecule has 1 aromatic carbocycles. The van der Waals surface area contributed by atoms with Gasteiger partial charge in [-0.1, -0.05) is 24.6 Å². The molecule has 0 aliphatic carbocycles. The molecule has 2 heterocycles. The second-order valence-electron chi connectivity index (χ2n) is 5.70. The molecule has 10 heteroatoms. The van der Waals surface area contributed by atoms with Gasteiger partial charge in [-0.15, -0.1) is 4.80 Å². The minimum Gasteiger partial charge on any atom is -0.311 e. The van der Waals surface area contributed by atoms with Crippen LogP contribution in [-0.2, 0) is 6.18 Å². The molecule has 0 amide bonds. The van der Waals surface area contributed by atoms with Crippen molar-refractivity contribution in [3.05, 3.63) is 68.5 Å². The van der Waals surface area contributed by atoms with Gasteiger partial charge < -0.3 is 4.98 Å². The van der Waals surface area contributed by atoms with E-state index in [2.05, 4.69) is 20.2 Å². The van der Waals surface area contributed by atoms with Gasteiger partial charge in [0, 0.05) is 10.9 Å². The lowest BCUT2D eigenvalue weighted by atomic mass is 9.97. The molecule has 0 aliphatic heterocycles. The van der Waals surface area contributed by atoms with Gasteiger partial charge in [0.05, 0.1) is 23.5 Å². The molecule has 0 bridgehead atoms. The average Bonchev–Trinajstić information content (AvgIpc) is 3.02. The van der Waals surface area contributed by atoms with Gasteiger partial charge in [-0.25, -0.2) is 4.98 Å². The fourth-order valence-electron chi connectivity index (χ4n) is 2.46. The highest BCUT2D eigenvalue weighted by molar-refractivity contribution is 6.31. The van der Waals surface area contributed by atoms with Gasteiger partial charge in [0.25, 0.3) is 5.56 Å². The molecule has 0 radical (unpaired) electrons. The fourth-order valence-corrected chi connectivity index (χ4v) is 2.81. The summed E-state index contributed by atoms with van der Waals surface area (Å²) in [6.07, 6.45) is -3.00. The number of aromatic nitrogens is 5. The van der Waals surface area contributed by atoms with Gasteiger partial charge in [-0.2, -0.15) is 23.4 Å². The quantitative estimate of drug-likeness (QED) is 0.751. The molecule has 6 nitrogen and oxygen atoms in total. The van der Waals surface area contributed by atoms with Crippen molar-refractivity contribution in [3.8, 4) is 5.82 Å². The van der Waals surface area contributed by atoms with Gasteiger partial charge in [-0.3, -0.25) is 4.79 Å². The zero-order chi connectivity index (χ0) is 19.1. The van der Waals surface area contributed by atoms with Crippen LogP contribution < -0.4 is 5.56 Å². The molecule has 2 aromatic heterocycles. The first-order chi connectivity index (χ1) is 12.1. The fraction of sp³-hybridized carbons (Fsp3) is 0.250. The van der Waals surface area contributed by atoms with Gasteiger partial charge in [0.1, 0.15) is 5.82 Å². The molecule has 136 valence electrons. The number of aromatic amines is 1. The molecule has 1 unspecified atom stereocenters. The first kappa shape index (κ1) is 18.1. The molecule has 0 fully saturated rings. The summed E-state index contributed by atoms with van der Waals surface area (Å²) in [5.74, 6) is 0.245. The number of hydrogen-bond donors (Lipinski definition) is 1. The predicted octanol–water partition coefficient (Wildman–Crippen LogP) is 3.48. The predicted molar refractivity (Wildman–Crippen MR) is 88.5 cm³/mol. The standard InChI is InChI=1S/C16H13ClF3N5O/c1-8(11-4-3-10(5-12(11)17)16(18,19)20)13-7-21-25(24-13)14-6-15(26)23-9(2)22-14/h3-8H,1-2H3,(H,22,23,26). The number of H-pyrrole nitrogens is 1. The van der Waals surface area contributed by atoms with E-state index in [4.69, 9.17) is 11.6 Å². The Labute approximate surface area is 150 Å². The Morgan fingerprint density at radius 3 is 2.62 bits per heavy atom. The van der Waals surface area contributed by atoms with Crippen molar-refractivity contribution in [2.45, 2.75) is 25.9 Å². The molecule has 26 heavy (non-hydrogen) atoms. The van der Waals surface area contributed by atoms with Crippen molar-refractivity contribution < 1.29 is 13.2 Å². The van der Waals surface area contributed by atoms with Gasteiger partial charge in [-0.05, 0) is 24.6 Å². The molecular formula is C16H13ClF3N5O. The maximum absolute atomic E-state index is 12.8. The number of nitrogens with one attached hydrogen (secondary N) is 1. The lowest BCUT2D eigenvalue weighted by molar-refractivity contribution is -0.137. The third-order valence-corrected chi connectivity index (χ3v) is 4.13. The zero-order valence-corrected chi connectivity index (χ0v) is 14.4. The molecule has 1 N–H and O–H groups in total. The highest BCUT2D eigenvalue weighted by atomic mass is 35.5. The number of aryl methyl sites for hydroxylation is 1. The Morgan fingerprint density at radius 2 is 2.00 bits per heavy atom. The molecule has 3 rings (SSSR count). The maximum atomic E-state index is 12.8. The van der Waals surface area contributed by atoms with Crippen LogP contribution >= 0.6 is 11.6 Å². The molecule has 3 aromatic rings. The van der Waals surface area contributed by atoms with E-state index in [0.717, 1.165) is 12.1 Å². The highest BCUT2D eigenvalue weighted by Gasteiger charge is 2.31. The van der Waals surface area contributed by atoms with Crippen LogP contribution in [0, 0.1) is 6.92 Å². The number of benzene rings is 1. The molecule has 0 spiro atoms. The number of nitrogens with zero attached hydrogens (tertiary/aromatic N) is 4. The van der Waals surface area contributed by atoms with Crippen molar-refractivity contribution in [3.63, 3.8) is 0 Å². The van der Waals surface area contributed by atoms with Crippen LogP contribution in [0.5, 0.6) is 0 Å². The molecule has 0 saturated heterocycles. The lowest BCUT2D eigenvalue weighted by Crippen LogP contribution is -2.13. The van der Waals surface area contributed by atoms with Crippen LogP contribution in [-0.4, -0.2) is 25.0 Å². The van der Waals surface area contributed by atoms with E-state index < -0.39 is 17.7 Å². The topological polar surface area (TPSA) is 76.5 Å². The van der Waals surface area contributed by atoms with Crippen molar-refractivity contribution >= 4 is 11.6 Å². The summed E-state index contributed by atoms with van der Waals surface area (Å²) in [5, 5.41) is 8.32. The maximum Gasteiger partial charge on any atom is 0.416 e. The summed E-state index contributed by atoms with van der Waals surface area (Å²) in [4.78, 5) is 19.4. The van der Waals surface area contributed by atoms with Crippen LogP contribution in [0.1, 0.15) is 35.5 Å². The van der Waals surface area contributed by atoms with Crippen LogP contribution in [0.15, 0.2) is 35.3 Å². The van der Waals surface area contributed by atoms with Crippen LogP contribution in [0.25, 0.3) is 5.82 Å². The number of alkyl halides is 3. The third-order valence-electron chi connectivity index (χ3n) is 3.80. The Kier molecular flexibility index (Phi) is 4.57. The van der Waals surface area contributed by atoms with Crippen molar-refractivity contribution in [1.29, 1.82) is 0 Å². The molecule has 0 saturated carbocycles.